The van der Waals surface area contributed by atoms with Crippen molar-refractivity contribution in [3.63, 3.8) is 0 Å². The smallest absolute Gasteiger partial charge is 0.339 e. The van der Waals surface area contributed by atoms with Crippen molar-refractivity contribution in [2.75, 3.05) is 4.90 Å². The summed E-state index contributed by atoms with van der Waals surface area (Å²) in [7, 11) is 0. The first-order valence-corrected chi connectivity index (χ1v) is 17.2. The van der Waals surface area contributed by atoms with Crippen LogP contribution in [-0.4, -0.2) is 5.97 Å². The summed E-state index contributed by atoms with van der Waals surface area (Å²) in [6.45, 7) is 0.224. The fourth-order valence-electron chi connectivity index (χ4n) is 6.66. The Morgan fingerprint density at radius 2 is 0.843 bits per heavy atom. The van der Waals surface area contributed by atoms with Crippen LogP contribution in [0.2, 0.25) is 0 Å². The van der Waals surface area contributed by atoms with Crippen LogP contribution in [0.4, 0.5) is 17.1 Å². The molecule has 0 aliphatic rings. The van der Waals surface area contributed by atoms with Crippen molar-refractivity contribution in [1.29, 1.82) is 0 Å². The average molecular weight is 658 g/mol. The van der Waals surface area contributed by atoms with Crippen LogP contribution in [0.15, 0.2) is 200 Å². The molecule has 0 radical (unpaired) electrons. The first kappa shape index (κ1) is 31.6. The number of anilines is 3. The molecule has 0 fully saturated rings. The second kappa shape index (κ2) is 14.4. The molecular weight excluding hydrogens is 623 g/mol. The zero-order valence-electron chi connectivity index (χ0n) is 28.0. The third-order valence-corrected chi connectivity index (χ3v) is 9.24. The molecule has 3 heteroatoms. The highest BCUT2D eigenvalue weighted by atomic mass is 16.5. The number of rotatable bonds is 9. The maximum Gasteiger partial charge on any atom is 0.339 e. The lowest BCUT2D eigenvalue weighted by atomic mass is 9.94. The molecule has 0 aromatic heterocycles. The Bertz CT molecular complexity index is 2300. The molecule has 0 amide bonds. The fraction of sp³-hybridized carbons (Fsp3) is 0.0208. The van der Waals surface area contributed by atoms with Gasteiger partial charge in [-0.15, -0.1) is 0 Å². The summed E-state index contributed by atoms with van der Waals surface area (Å²) in [6.07, 6.45) is 0. The minimum absolute atomic E-state index is 0.224. The topological polar surface area (TPSA) is 29.5 Å². The maximum atomic E-state index is 13.5. The third-order valence-electron chi connectivity index (χ3n) is 9.24. The molecule has 3 nitrogen and oxygen atoms in total. The van der Waals surface area contributed by atoms with E-state index in [0.717, 1.165) is 44.5 Å². The summed E-state index contributed by atoms with van der Waals surface area (Å²) < 4.78 is 5.79. The van der Waals surface area contributed by atoms with Crippen molar-refractivity contribution in [3.8, 4) is 33.4 Å². The molecule has 0 heterocycles. The number of carbonyl (C=O) groups excluding carboxylic acids is 1. The van der Waals surface area contributed by atoms with Gasteiger partial charge >= 0.3 is 5.97 Å². The van der Waals surface area contributed by atoms with Crippen molar-refractivity contribution in [2.45, 2.75) is 6.61 Å². The van der Waals surface area contributed by atoms with Gasteiger partial charge in [-0.2, -0.15) is 0 Å². The van der Waals surface area contributed by atoms with Crippen LogP contribution in [0.5, 0.6) is 0 Å². The molecule has 8 rings (SSSR count). The second-order valence-corrected chi connectivity index (χ2v) is 12.5. The van der Waals surface area contributed by atoms with E-state index in [2.05, 4.69) is 132 Å². The van der Waals surface area contributed by atoms with E-state index in [9.17, 15) is 4.79 Å². The molecule has 0 aliphatic heterocycles. The minimum Gasteiger partial charge on any atom is -0.457 e. The summed E-state index contributed by atoms with van der Waals surface area (Å²) >= 11 is 0. The van der Waals surface area contributed by atoms with Crippen LogP contribution in [0.3, 0.4) is 0 Å². The van der Waals surface area contributed by atoms with Crippen LogP contribution >= 0.6 is 0 Å². The van der Waals surface area contributed by atoms with Crippen molar-refractivity contribution in [2.24, 2.45) is 0 Å². The van der Waals surface area contributed by atoms with Gasteiger partial charge < -0.3 is 9.64 Å². The maximum absolute atomic E-state index is 13.5. The van der Waals surface area contributed by atoms with Gasteiger partial charge in [-0.05, 0) is 86.8 Å². The fourth-order valence-corrected chi connectivity index (χ4v) is 6.66. The Labute approximate surface area is 298 Å². The van der Waals surface area contributed by atoms with E-state index in [0.29, 0.717) is 5.56 Å². The Hall–Kier alpha value is -6.71. The molecule has 8 aromatic rings. The van der Waals surface area contributed by atoms with Gasteiger partial charge in [0, 0.05) is 22.4 Å². The van der Waals surface area contributed by atoms with E-state index >= 15 is 0 Å². The summed E-state index contributed by atoms with van der Waals surface area (Å²) in [5.41, 5.74) is 11.4. The monoisotopic (exact) mass is 657 g/mol. The van der Waals surface area contributed by atoms with Gasteiger partial charge in [-0.3, -0.25) is 0 Å². The molecule has 0 unspecified atom stereocenters. The van der Waals surface area contributed by atoms with Crippen molar-refractivity contribution < 1.29 is 9.53 Å². The van der Waals surface area contributed by atoms with Gasteiger partial charge in [0.2, 0.25) is 0 Å². The number of hydrogen-bond donors (Lipinski definition) is 0. The van der Waals surface area contributed by atoms with E-state index in [-0.39, 0.29) is 12.6 Å². The Kier molecular flexibility index (Phi) is 8.92. The van der Waals surface area contributed by atoms with Gasteiger partial charge in [0.25, 0.3) is 0 Å². The SMILES string of the molecule is O=C(OCc1ccccc1)c1cccc2cccc(-c3ccc(N(c4ccc(-c5ccccc5)cc4)c4ccc(-c5ccccc5)cc4)cc3)c12. The second-order valence-electron chi connectivity index (χ2n) is 12.5. The predicted molar refractivity (Wildman–Crippen MR) is 211 cm³/mol. The number of ether oxygens (including phenoxy) is 1. The molecule has 0 saturated carbocycles. The molecule has 0 atom stereocenters. The predicted octanol–water partition coefficient (Wildman–Crippen LogP) is 12.7. The number of esters is 1. The lowest BCUT2D eigenvalue weighted by Crippen LogP contribution is -2.10. The average Bonchev–Trinajstić information content (AvgIpc) is 3.21. The lowest BCUT2D eigenvalue weighted by Gasteiger charge is -2.26. The minimum atomic E-state index is -0.336. The zero-order chi connectivity index (χ0) is 34.4. The quantitative estimate of drug-likeness (QED) is 0.145. The molecule has 51 heavy (non-hydrogen) atoms. The summed E-state index contributed by atoms with van der Waals surface area (Å²) in [6, 6.07) is 68.7. The zero-order valence-corrected chi connectivity index (χ0v) is 28.0. The Morgan fingerprint density at radius 1 is 0.412 bits per heavy atom. The van der Waals surface area contributed by atoms with E-state index < -0.39 is 0 Å². The van der Waals surface area contributed by atoms with E-state index in [1.165, 1.54) is 22.3 Å². The van der Waals surface area contributed by atoms with Crippen LogP contribution in [0, 0.1) is 0 Å². The molecule has 0 spiro atoms. The molecule has 244 valence electrons. The van der Waals surface area contributed by atoms with Gasteiger partial charge in [-0.1, -0.05) is 158 Å². The Balaban J connectivity index is 1.15. The van der Waals surface area contributed by atoms with Gasteiger partial charge in [0.1, 0.15) is 6.61 Å². The first-order valence-electron chi connectivity index (χ1n) is 17.2. The van der Waals surface area contributed by atoms with Gasteiger partial charge in [-0.25, -0.2) is 4.79 Å². The van der Waals surface area contributed by atoms with Gasteiger partial charge in [0.05, 0.1) is 5.56 Å². The summed E-state index contributed by atoms with van der Waals surface area (Å²) in [4.78, 5) is 15.8. The highest BCUT2D eigenvalue weighted by molar-refractivity contribution is 6.10. The van der Waals surface area contributed by atoms with Crippen LogP contribution in [0.1, 0.15) is 15.9 Å². The molecule has 0 saturated heterocycles. The lowest BCUT2D eigenvalue weighted by molar-refractivity contribution is 0.0475. The molecule has 0 bridgehead atoms. The van der Waals surface area contributed by atoms with E-state index in [1.54, 1.807) is 0 Å². The molecule has 8 aromatic carbocycles. The number of carbonyl (C=O) groups is 1. The van der Waals surface area contributed by atoms with Crippen molar-refractivity contribution in [3.05, 3.63) is 211 Å². The van der Waals surface area contributed by atoms with Crippen LogP contribution in [0.25, 0.3) is 44.2 Å². The van der Waals surface area contributed by atoms with Crippen LogP contribution in [-0.2, 0) is 11.3 Å². The van der Waals surface area contributed by atoms with E-state index in [4.69, 9.17) is 4.74 Å². The number of hydrogen-bond acceptors (Lipinski definition) is 3. The van der Waals surface area contributed by atoms with Gasteiger partial charge in [0.15, 0.2) is 0 Å². The first-order chi connectivity index (χ1) is 25.2. The van der Waals surface area contributed by atoms with Crippen molar-refractivity contribution in [1.82, 2.24) is 0 Å². The highest BCUT2D eigenvalue weighted by Gasteiger charge is 2.17. The Morgan fingerprint density at radius 3 is 1.35 bits per heavy atom. The number of nitrogens with zero attached hydrogens (tertiary/aromatic N) is 1. The molecular formula is C48H35NO2. The third kappa shape index (κ3) is 6.79. The number of benzene rings is 8. The summed E-state index contributed by atoms with van der Waals surface area (Å²) in [5.74, 6) is -0.336. The summed E-state index contributed by atoms with van der Waals surface area (Å²) in [5, 5.41) is 1.88. The van der Waals surface area contributed by atoms with Crippen LogP contribution < -0.4 is 4.90 Å². The largest absolute Gasteiger partial charge is 0.457 e. The van der Waals surface area contributed by atoms with E-state index in [1.807, 2.05) is 72.8 Å². The number of fused-ring (bicyclic) bond motifs is 1. The molecule has 0 aliphatic carbocycles. The standard InChI is InChI=1S/C48H35NO2/c50-48(51-34-35-12-4-1-5-13-35)46-21-11-19-41-18-10-20-45(47(41)46)40-26-32-44(33-27-40)49(42-28-22-38(23-29-42)36-14-6-2-7-15-36)43-30-24-39(25-31-43)37-16-8-3-9-17-37/h1-33H,34H2. The highest BCUT2D eigenvalue weighted by Crippen LogP contribution is 2.39. The van der Waals surface area contributed by atoms with Crippen molar-refractivity contribution >= 4 is 33.8 Å². The molecule has 0 N–H and O–H groups in total. The normalized spacial score (nSPS) is 10.9.